The van der Waals surface area contributed by atoms with Crippen molar-refractivity contribution >= 4 is 55.0 Å². The van der Waals surface area contributed by atoms with Crippen LogP contribution in [0.4, 0.5) is 11.4 Å². The highest BCUT2D eigenvalue weighted by molar-refractivity contribution is 9.10. The van der Waals surface area contributed by atoms with Gasteiger partial charge in [-0.15, -0.1) is 0 Å². The van der Waals surface area contributed by atoms with Crippen molar-refractivity contribution in [2.45, 2.75) is 13.1 Å². The van der Waals surface area contributed by atoms with Gasteiger partial charge >= 0.3 is 0 Å². The fourth-order valence-corrected chi connectivity index (χ4v) is 2.95. The normalized spacial score (nSPS) is 10.4. The van der Waals surface area contributed by atoms with Gasteiger partial charge in [0.2, 0.25) is 6.33 Å². The Kier molecular flexibility index (Phi) is 6.41. The van der Waals surface area contributed by atoms with E-state index >= 15 is 0 Å². The van der Waals surface area contributed by atoms with E-state index in [1.165, 1.54) is 0 Å². The molecule has 2 N–H and O–H groups in total. The Morgan fingerprint density at radius 3 is 1.93 bits per heavy atom. The minimum absolute atomic E-state index is 0.139. The van der Waals surface area contributed by atoms with Gasteiger partial charge in [0.25, 0.3) is 11.8 Å². The molecule has 0 atom stereocenters. The zero-order valence-corrected chi connectivity index (χ0v) is 17.4. The van der Waals surface area contributed by atoms with Crippen molar-refractivity contribution in [3.8, 4) is 0 Å². The molecule has 3 rings (SSSR count). The Morgan fingerprint density at radius 2 is 1.37 bits per heavy atom. The number of benzene rings is 2. The number of imidazole rings is 1. The molecule has 0 saturated carbocycles. The number of hydrogen-bond acceptors (Lipinski definition) is 2. The van der Waals surface area contributed by atoms with E-state index < -0.39 is 0 Å². The second-order valence-electron chi connectivity index (χ2n) is 5.87. The molecule has 0 radical (unpaired) electrons. The van der Waals surface area contributed by atoms with Crippen LogP contribution in [0.15, 0.2) is 76.2 Å². The average molecular weight is 493 g/mol. The molecular formula is C19H17Br2N4O2+. The maximum Gasteiger partial charge on any atom is 0.266 e. The molecular weight excluding hydrogens is 476 g/mol. The molecule has 0 unspecified atom stereocenters. The molecule has 3 aromatic rings. The molecule has 0 bridgehead atoms. The van der Waals surface area contributed by atoms with E-state index in [4.69, 9.17) is 0 Å². The van der Waals surface area contributed by atoms with Gasteiger partial charge in [-0.2, -0.15) is 0 Å². The zero-order chi connectivity index (χ0) is 19.2. The quantitative estimate of drug-likeness (QED) is 0.516. The first kappa shape index (κ1) is 19.3. The molecule has 0 saturated heterocycles. The highest BCUT2D eigenvalue weighted by atomic mass is 79.9. The fourth-order valence-electron chi connectivity index (χ4n) is 2.42. The third-order valence-corrected chi connectivity index (χ3v) is 4.71. The van der Waals surface area contributed by atoms with E-state index in [1.807, 2.05) is 48.5 Å². The molecule has 8 heteroatoms. The first-order valence-corrected chi connectivity index (χ1v) is 9.72. The number of amides is 2. The summed E-state index contributed by atoms with van der Waals surface area (Å²) in [5.74, 6) is -0.279. The minimum atomic E-state index is -0.139. The third kappa shape index (κ3) is 6.04. The van der Waals surface area contributed by atoms with Crippen LogP contribution in [-0.4, -0.2) is 16.4 Å². The summed E-state index contributed by atoms with van der Waals surface area (Å²) < 4.78 is 5.35. The Bertz CT molecular complexity index is 861. The molecule has 2 aromatic carbocycles. The number of hydrogen-bond donors (Lipinski definition) is 2. The number of aromatic nitrogens is 2. The number of rotatable bonds is 6. The van der Waals surface area contributed by atoms with Crippen LogP contribution < -0.4 is 15.2 Å². The summed E-state index contributed by atoms with van der Waals surface area (Å²) in [7, 11) is 0. The third-order valence-electron chi connectivity index (χ3n) is 3.65. The number of carbonyl (C=O) groups excluding carboxylic acids is 2. The van der Waals surface area contributed by atoms with E-state index in [-0.39, 0.29) is 24.9 Å². The lowest BCUT2D eigenvalue weighted by Gasteiger charge is -2.04. The van der Waals surface area contributed by atoms with E-state index in [0.717, 1.165) is 20.3 Å². The van der Waals surface area contributed by atoms with Gasteiger partial charge in [-0.25, -0.2) is 9.13 Å². The molecule has 0 spiro atoms. The van der Waals surface area contributed by atoms with Gasteiger partial charge < -0.3 is 10.6 Å². The average Bonchev–Trinajstić information content (AvgIpc) is 3.05. The van der Waals surface area contributed by atoms with Crippen LogP contribution in [0, 0.1) is 0 Å². The lowest BCUT2D eigenvalue weighted by molar-refractivity contribution is -0.683. The molecule has 1 aromatic heterocycles. The van der Waals surface area contributed by atoms with Crippen molar-refractivity contribution < 1.29 is 14.2 Å². The van der Waals surface area contributed by atoms with Crippen molar-refractivity contribution in [1.29, 1.82) is 0 Å². The molecule has 0 aliphatic carbocycles. The fraction of sp³-hybridized carbons (Fsp3) is 0.105. The lowest BCUT2D eigenvalue weighted by Crippen LogP contribution is -2.38. The molecule has 2 amide bonds. The first-order chi connectivity index (χ1) is 13.0. The minimum Gasteiger partial charge on any atom is -0.323 e. The zero-order valence-electron chi connectivity index (χ0n) is 14.2. The molecule has 0 aliphatic heterocycles. The van der Waals surface area contributed by atoms with Crippen molar-refractivity contribution in [1.82, 2.24) is 4.57 Å². The predicted molar refractivity (Wildman–Crippen MR) is 110 cm³/mol. The van der Waals surface area contributed by atoms with E-state index in [1.54, 1.807) is 27.9 Å². The topological polar surface area (TPSA) is 67.0 Å². The molecule has 1 heterocycles. The summed E-state index contributed by atoms with van der Waals surface area (Å²) in [4.78, 5) is 24.3. The van der Waals surface area contributed by atoms with Gasteiger partial charge in [-0.05, 0) is 48.5 Å². The standard InChI is InChI=1S/C19H16Br2N4O2/c20-14-1-5-16(6-2-14)22-18(26)11-24-9-10-25(13-24)12-19(27)23-17-7-3-15(21)4-8-17/h1-10,13H,11-12H2,(H-,22,23,26,27)/p+1. The summed E-state index contributed by atoms with van der Waals surface area (Å²) in [6, 6.07) is 14.8. The Labute approximate surface area is 173 Å². The Balaban J connectivity index is 1.51. The SMILES string of the molecule is O=C(Cn1cc[n+](CC(=O)Nc2ccc(Br)cc2)c1)Nc1ccc(Br)cc1. The summed E-state index contributed by atoms with van der Waals surface area (Å²) >= 11 is 6.71. The van der Waals surface area contributed by atoms with E-state index in [0.29, 0.717) is 0 Å². The van der Waals surface area contributed by atoms with Gasteiger partial charge in [-0.3, -0.25) is 9.59 Å². The van der Waals surface area contributed by atoms with Gasteiger partial charge in [0.1, 0.15) is 12.4 Å². The maximum absolute atomic E-state index is 12.1. The van der Waals surface area contributed by atoms with Crippen LogP contribution >= 0.6 is 31.9 Å². The summed E-state index contributed by atoms with van der Waals surface area (Å²) in [6.07, 6.45) is 5.24. The van der Waals surface area contributed by atoms with Crippen LogP contribution in [0.5, 0.6) is 0 Å². The Morgan fingerprint density at radius 1 is 0.852 bits per heavy atom. The van der Waals surface area contributed by atoms with Crippen LogP contribution in [0.3, 0.4) is 0 Å². The van der Waals surface area contributed by atoms with E-state index in [9.17, 15) is 9.59 Å². The second-order valence-corrected chi connectivity index (χ2v) is 7.70. The van der Waals surface area contributed by atoms with E-state index in [2.05, 4.69) is 42.5 Å². The highest BCUT2D eigenvalue weighted by Crippen LogP contribution is 2.14. The van der Waals surface area contributed by atoms with Gasteiger partial charge in [-0.1, -0.05) is 31.9 Å². The number of anilines is 2. The lowest BCUT2D eigenvalue weighted by atomic mass is 10.3. The van der Waals surface area contributed by atoms with Gasteiger partial charge in [0.15, 0.2) is 13.1 Å². The van der Waals surface area contributed by atoms with Crippen molar-refractivity contribution in [3.63, 3.8) is 0 Å². The number of nitrogens with zero attached hydrogens (tertiary/aromatic N) is 2. The number of nitrogens with one attached hydrogen (secondary N) is 2. The van der Waals surface area contributed by atoms with Crippen molar-refractivity contribution in [3.05, 3.63) is 76.2 Å². The number of carbonyl (C=O) groups is 2. The van der Waals surface area contributed by atoms with Crippen molar-refractivity contribution in [2.24, 2.45) is 0 Å². The Hall–Kier alpha value is -2.45. The second kappa shape index (κ2) is 8.96. The summed E-state index contributed by atoms with van der Waals surface area (Å²) in [5, 5.41) is 5.66. The van der Waals surface area contributed by atoms with Crippen LogP contribution in [-0.2, 0) is 22.7 Å². The smallest absolute Gasteiger partial charge is 0.266 e. The molecule has 6 nitrogen and oxygen atoms in total. The molecule has 138 valence electrons. The first-order valence-electron chi connectivity index (χ1n) is 8.13. The van der Waals surface area contributed by atoms with Gasteiger partial charge in [0.05, 0.1) is 0 Å². The van der Waals surface area contributed by atoms with Crippen LogP contribution in [0.1, 0.15) is 0 Å². The van der Waals surface area contributed by atoms with Crippen molar-refractivity contribution in [2.75, 3.05) is 10.6 Å². The van der Waals surface area contributed by atoms with Gasteiger partial charge in [0, 0.05) is 20.3 Å². The molecule has 0 aliphatic rings. The largest absolute Gasteiger partial charge is 0.323 e. The van der Waals surface area contributed by atoms with Crippen LogP contribution in [0.25, 0.3) is 0 Å². The number of halogens is 2. The van der Waals surface area contributed by atoms with Crippen LogP contribution in [0.2, 0.25) is 0 Å². The highest BCUT2D eigenvalue weighted by Gasteiger charge is 2.12. The predicted octanol–water partition coefficient (Wildman–Crippen LogP) is 3.58. The summed E-state index contributed by atoms with van der Waals surface area (Å²) in [5.41, 5.74) is 1.47. The summed E-state index contributed by atoms with van der Waals surface area (Å²) in [6.45, 7) is 0.328. The molecule has 0 fully saturated rings. The maximum atomic E-state index is 12.1. The monoisotopic (exact) mass is 491 g/mol. The molecule has 27 heavy (non-hydrogen) atoms.